The number of rotatable bonds is 7. The Kier molecular flexibility index (Phi) is 7.71. The van der Waals surface area contributed by atoms with Crippen LogP contribution in [0.2, 0.25) is 0 Å². The number of carbonyl (C=O) groups excluding carboxylic acids is 1. The van der Waals surface area contributed by atoms with Crippen molar-refractivity contribution in [1.29, 1.82) is 0 Å². The standard InChI is InChI=1S/C15H24N4O2/c1-4-16-15(18-10-9-17-12(2)20)19-11-13-5-7-14(21-3)8-6-13/h5-8H,4,9-11H2,1-3H3,(H,17,20)(H2,16,18,19). The van der Waals surface area contributed by atoms with E-state index in [9.17, 15) is 4.79 Å². The number of nitrogens with zero attached hydrogens (tertiary/aromatic N) is 1. The van der Waals surface area contributed by atoms with E-state index in [-0.39, 0.29) is 5.91 Å². The van der Waals surface area contributed by atoms with E-state index in [2.05, 4.69) is 20.9 Å². The van der Waals surface area contributed by atoms with Crippen LogP contribution in [-0.2, 0) is 11.3 Å². The molecule has 0 unspecified atom stereocenters. The highest BCUT2D eigenvalue weighted by atomic mass is 16.5. The number of benzene rings is 1. The van der Waals surface area contributed by atoms with Gasteiger partial charge in [0.25, 0.3) is 0 Å². The van der Waals surface area contributed by atoms with Crippen molar-refractivity contribution in [1.82, 2.24) is 16.0 Å². The second kappa shape index (κ2) is 9.63. The summed E-state index contributed by atoms with van der Waals surface area (Å²) >= 11 is 0. The predicted octanol–water partition coefficient (Wildman–Crippen LogP) is 0.886. The van der Waals surface area contributed by atoms with Gasteiger partial charge in [-0.3, -0.25) is 4.79 Å². The topological polar surface area (TPSA) is 74.8 Å². The molecule has 116 valence electrons. The minimum atomic E-state index is -0.0306. The summed E-state index contributed by atoms with van der Waals surface area (Å²) < 4.78 is 5.12. The lowest BCUT2D eigenvalue weighted by Crippen LogP contribution is -2.41. The summed E-state index contributed by atoms with van der Waals surface area (Å²) in [5.74, 6) is 1.54. The van der Waals surface area contributed by atoms with E-state index >= 15 is 0 Å². The fourth-order valence-electron chi connectivity index (χ4n) is 1.66. The Balaban J connectivity index is 2.47. The Hall–Kier alpha value is -2.24. The molecule has 0 saturated heterocycles. The number of ether oxygens (including phenoxy) is 1. The van der Waals surface area contributed by atoms with Gasteiger partial charge in [-0.2, -0.15) is 0 Å². The van der Waals surface area contributed by atoms with Crippen LogP contribution in [0.4, 0.5) is 0 Å². The zero-order chi connectivity index (χ0) is 15.5. The van der Waals surface area contributed by atoms with Gasteiger partial charge >= 0.3 is 0 Å². The molecule has 0 aliphatic carbocycles. The van der Waals surface area contributed by atoms with Crippen molar-refractivity contribution in [2.75, 3.05) is 26.7 Å². The van der Waals surface area contributed by atoms with E-state index in [0.717, 1.165) is 23.8 Å². The lowest BCUT2D eigenvalue weighted by molar-refractivity contribution is -0.118. The molecule has 0 aromatic heterocycles. The second-order valence-corrected chi connectivity index (χ2v) is 4.45. The maximum absolute atomic E-state index is 10.8. The molecule has 1 aromatic carbocycles. The van der Waals surface area contributed by atoms with Gasteiger partial charge in [0.05, 0.1) is 13.7 Å². The van der Waals surface area contributed by atoms with Crippen molar-refractivity contribution in [2.24, 2.45) is 4.99 Å². The average Bonchev–Trinajstić information content (AvgIpc) is 2.49. The third-order valence-corrected chi connectivity index (χ3v) is 2.71. The highest BCUT2D eigenvalue weighted by Crippen LogP contribution is 2.11. The maximum Gasteiger partial charge on any atom is 0.216 e. The van der Waals surface area contributed by atoms with Gasteiger partial charge in [-0.1, -0.05) is 12.1 Å². The summed E-state index contributed by atoms with van der Waals surface area (Å²) in [6.45, 7) is 6.09. The fraction of sp³-hybridized carbons (Fsp3) is 0.467. The minimum Gasteiger partial charge on any atom is -0.497 e. The molecule has 0 fully saturated rings. The van der Waals surface area contributed by atoms with Crippen LogP contribution in [0.25, 0.3) is 0 Å². The van der Waals surface area contributed by atoms with Crippen LogP contribution in [0.15, 0.2) is 29.3 Å². The minimum absolute atomic E-state index is 0.0306. The molecule has 0 aliphatic rings. The summed E-state index contributed by atoms with van der Waals surface area (Å²) in [6, 6.07) is 7.82. The molecule has 1 amide bonds. The van der Waals surface area contributed by atoms with Gasteiger partial charge in [-0.15, -0.1) is 0 Å². The molecule has 1 aromatic rings. The maximum atomic E-state index is 10.8. The molecule has 0 radical (unpaired) electrons. The largest absolute Gasteiger partial charge is 0.497 e. The first-order chi connectivity index (χ1) is 10.2. The van der Waals surface area contributed by atoms with Gasteiger partial charge in [-0.25, -0.2) is 4.99 Å². The lowest BCUT2D eigenvalue weighted by Gasteiger charge is -2.11. The molecule has 0 spiro atoms. The van der Waals surface area contributed by atoms with Crippen molar-refractivity contribution in [2.45, 2.75) is 20.4 Å². The molecule has 1 rings (SSSR count). The quantitative estimate of drug-likeness (QED) is 0.396. The van der Waals surface area contributed by atoms with Crippen LogP contribution in [0.5, 0.6) is 5.75 Å². The number of nitrogens with one attached hydrogen (secondary N) is 3. The van der Waals surface area contributed by atoms with Crippen LogP contribution >= 0.6 is 0 Å². The van der Waals surface area contributed by atoms with Crippen molar-refractivity contribution in [3.8, 4) is 5.75 Å². The summed E-state index contributed by atoms with van der Waals surface area (Å²) in [4.78, 5) is 15.3. The van der Waals surface area contributed by atoms with Crippen molar-refractivity contribution < 1.29 is 9.53 Å². The van der Waals surface area contributed by atoms with Crippen molar-refractivity contribution in [3.05, 3.63) is 29.8 Å². The number of guanidine groups is 1. The van der Waals surface area contributed by atoms with E-state index in [4.69, 9.17) is 4.74 Å². The number of aliphatic imine (C=N–C) groups is 1. The molecular weight excluding hydrogens is 268 g/mol. The average molecular weight is 292 g/mol. The number of hydrogen-bond acceptors (Lipinski definition) is 3. The highest BCUT2D eigenvalue weighted by Gasteiger charge is 1.98. The molecule has 6 nitrogen and oxygen atoms in total. The fourth-order valence-corrected chi connectivity index (χ4v) is 1.66. The Bertz CT molecular complexity index is 457. The SMILES string of the molecule is CCNC(=NCc1ccc(OC)cc1)NCCNC(C)=O. The Morgan fingerprint density at radius 1 is 1.14 bits per heavy atom. The molecule has 21 heavy (non-hydrogen) atoms. The van der Waals surface area contributed by atoms with Gasteiger partial charge in [0.2, 0.25) is 5.91 Å². The molecule has 6 heteroatoms. The highest BCUT2D eigenvalue weighted by molar-refractivity contribution is 5.79. The van der Waals surface area contributed by atoms with E-state index in [1.807, 2.05) is 31.2 Å². The first-order valence-corrected chi connectivity index (χ1v) is 7.05. The summed E-state index contributed by atoms with van der Waals surface area (Å²) in [5, 5.41) is 9.06. The van der Waals surface area contributed by atoms with Crippen LogP contribution in [0, 0.1) is 0 Å². The first-order valence-electron chi connectivity index (χ1n) is 7.05. The molecule has 0 atom stereocenters. The molecular formula is C15H24N4O2. The lowest BCUT2D eigenvalue weighted by atomic mass is 10.2. The van der Waals surface area contributed by atoms with E-state index in [1.54, 1.807) is 7.11 Å². The smallest absolute Gasteiger partial charge is 0.216 e. The Morgan fingerprint density at radius 3 is 2.38 bits per heavy atom. The Morgan fingerprint density at radius 2 is 1.81 bits per heavy atom. The molecule has 0 aliphatic heterocycles. The zero-order valence-electron chi connectivity index (χ0n) is 12.9. The van der Waals surface area contributed by atoms with E-state index < -0.39 is 0 Å². The van der Waals surface area contributed by atoms with Crippen molar-refractivity contribution >= 4 is 11.9 Å². The monoisotopic (exact) mass is 292 g/mol. The normalized spacial score (nSPS) is 10.9. The van der Waals surface area contributed by atoms with E-state index in [1.165, 1.54) is 6.92 Å². The van der Waals surface area contributed by atoms with Gasteiger partial charge in [0, 0.05) is 26.6 Å². The van der Waals surface area contributed by atoms with Crippen LogP contribution < -0.4 is 20.7 Å². The third-order valence-electron chi connectivity index (χ3n) is 2.71. The van der Waals surface area contributed by atoms with Crippen LogP contribution in [-0.4, -0.2) is 38.6 Å². The van der Waals surface area contributed by atoms with E-state index in [0.29, 0.717) is 19.6 Å². The van der Waals surface area contributed by atoms with Gasteiger partial charge in [-0.05, 0) is 24.6 Å². The van der Waals surface area contributed by atoms with Gasteiger partial charge < -0.3 is 20.7 Å². The van der Waals surface area contributed by atoms with Gasteiger partial charge in [0.1, 0.15) is 5.75 Å². The molecule has 0 saturated carbocycles. The second-order valence-electron chi connectivity index (χ2n) is 4.45. The summed E-state index contributed by atoms with van der Waals surface area (Å²) in [7, 11) is 1.65. The summed E-state index contributed by atoms with van der Waals surface area (Å²) in [5.41, 5.74) is 1.11. The summed E-state index contributed by atoms with van der Waals surface area (Å²) in [6.07, 6.45) is 0. The molecule has 0 bridgehead atoms. The van der Waals surface area contributed by atoms with Crippen LogP contribution in [0.3, 0.4) is 0 Å². The van der Waals surface area contributed by atoms with Gasteiger partial charge in [0.15, 0.2) is 5.96 Å². The predicted molar refractivity (Wildman–Crippen MR) is 84.5 cm³/mol. The molecule has 3 N–H and O–H groups in total. The molecule has 0 heterocycles. The number of amides is 1. The Labute approximate surface area is 126 Å². The zero-order valence-corrected chi connectivity index (χ0v) is 12.9. The first kappa shape index (κ1) is 16.8. The van der Waals surface area contributed by atoms with Crippen LogP contribution in [0.1, 0.15) is 19.4 Å². The number of hydrogen-bond donors (Lipinski definition) is 3. The number of carbonyl (C=O) groups is 1. The van der Waals surface area contributed by atoms with Crippen molar-refractivity contribution in [3.63, 3.8) is 0 Å². The third kappa shape index (κ3) is 7.20. The number of methoxy groups -OCH3 is 1.